The largest absolute Gasteiger partial charge is 0.381 e. The van der Waals surface area contributed by atoms with Crippen LogP contribution in [-0.2, 0) is 20.9 Å². The van der Waals surface area contributed by atoms with Crippen molar-refractivity contribution in [1.82, 2.24) is 20.5 Å². The minimum Gasteiger partial charge on any atom is -0.381 e. The summed E-state index contributed by atoms with van der Waals surface area (Å²) in [5.41, 5.74) is 7.89. The van der Waals surface area contributed by atoms with Gasteiger partial charge in [0, 0.05) is 78.3 Å². The van der Waals surface area contributed by atoms with E-state index in [1.54, 1.807) is 0 Å². The van der Waals surface area contributed by atoms with E-state index in [2.05, 4.69) is 57.9 Å². The van der Waals surface area contributed by atoms with Crippen molar-refractivity contribution in [2.24, 2.45) is 0 Å². The van der Waals surface area contributed by atoms with Gasteiger partial charge in [-0.15, -0.1) is 0 Å². The molecule has 1 fully saturated rings. The third kappa shape index (κ3) is 7.06. The van der Waals surface area contributed by atoms with E-state index in [0.29, 0.717) is 29.8 Å². The van der Waals surface area contributed by atoms with Gasteiger partial charge in [0.15, 0.2) is 0 Å². The second kappa shape index (κ2) is 13.8. The molecule has 1 saturated heterocycles. The van der Waals surface area contributed by atoms with Gasteiger partial charge >= 0.3 is 0 Å². The predicted octanol–water partition coefficient (Wildman–Crippen LogP) is 4.97. The lowest BCUT2D eigenvalue weighted by Crippen LogP contribution is -2.35. The third-order valence-corrected chi connectivity index (χ3v) is 8.13. The Morgan fingerprint density at radius 1 is 1.02 bits per heavy atom. The molecule has 0 radical (unpaired) electrons. The number of nitrogens with one attached hydrogen (secondary N) is 3. The van der Waals surface area contributed by atoms with E-state index in [1.165, 1.54) is 0 Å². The number of carbonyl (C=O) groups excluding carboxylic acids is 2. The Hall–Kier alpha value is -4.01. The SMILES string of the molecule is CCC(CC)NC(=O)C1=C(C)CC=C(NC(=O)C2=CCNc3ccc(-c4cncc(CN5CCOCC5)c4)cc32)C=C1. The lowest BCUT2D eigenvalue weighted by molar-refractivity contribution is -0.118. The zero-order chi connectivity index (χ0) is 29.5. The fourth-order valence-corrected chi connectivity index (χ4v) is 5.51. The van der Waals surface area contributed by atoms with Gasteiger partial charge in [0.1, 0.15) is 0 Å². The van der Waals surface area contributed by atoms with Crippen molar-refractivity contribution in [3.05, 3.63) is 88.9 Å². The van der Waals surface area contributed by atoms with Gasteiger partial charge in [-0.2, -0.15) is 0 Å². The maximum atomic E-state index is 13.6. The van der Waals surface area contributed by atoms with Crippen molar-refractivity contribution in [2.45, 2.75) is 52.6 Å². The number of allylic oxidation sites excluding steroid dienone is 3. The summed E-state index contributed by atoms with van der Waals surface area (Å²) in [7, 11) is 0. The molecule has 3 N–H and O–H groups in total. The van der Waals surface area contributed by atoms with Crippen molar-refractivity contribution in [3.63, 3.8) is 0 Å². The Morgan fingerprint density at radius 2 is 1.83 bits per heavy atom. The highest BCUT2D eigenvalue weighted by Crippen LogP contribution is 2.33. The molecule has 1 aliphatic carbocycles. The Bertz CT molecular complexity index is 1440. The van der Waals surface area contributed by atoms with Crippen molar-refractivity contribution in [1.29, 1.82) is 0 Å². The molecule has 2 amide bonds. The summed E-state index contributed by atoms with van der Waals surface area (Å²) in [5, 5.41) is 9.58. The minimum atomic E-state index is -0.174. The molecule has 42 heavy (non-hydrogen) atoms. The topological polar surface area (TPSA) is 95.6 Å². The zero-order valence-corrected chi connectivity index (χ0v) is 24.8. The molecule has 8 nitrogen and oxygen atoms in total. The number of morpholine rings is 1. The Labute approximate surface area is 248 Å². The highest BCUT2D eigenvalue weighted by molar-refractivity contribution is 6.22. The highest BCUT2D eigenvalue weighted by atomic mass is 16.5. The number of nitrogens with zero attached hydrogens (tertiary/aromatic N) is 2. The second-order valence-electron chi connectivity index (χ2n) is 11.1. The van der Waals surface area contributed by atoms with Gasteiger partial charge < -0.3 is 20.7 Å². The molecule has 5 rings (SSSR count). The first kappa shape index (κ1) is 29.5. The summed E-state index contributed by atoms with van der Waals surface area (Å²) < 4.78 is 5.48. The zero-order valence-electron chi connectivity index (χ0n) is 24.8. The minimum absolute atomic E-state index is 0.0653. The fraction of sp³-hybridized carbons (Fsp3) is 0.382. The first-order valence-electron chi connectivity index (χ1n) is 15.0. The summed E-state index contributed by atoms with van der Waals surface area (Å²) >= 11 is 0. The van der Waals surface area contributed by atoms with Crippen LogP contribution < -0.4 is 16.0 Å². The molecule has 8 heteroatoms. The summed E-state index contributed by atoms with van der Waals surface area (Å²) in [6.07, 6.45) is 13.7. The molecule has 0 bridgehead atoms. The number of anilines is 1. The Morgan fingerprint density at radius 3 is 2.62 bits per heavy atom. The van der Waals surface area contributed by atoms with Gasteiger partial charge in [0.05, 0.1) is 13.2 Å². The molecule has 1 aromatic carbocycles. The average Bonchev–Trinajstić information content (AvgIpc) is 3.20. The number of hydrogen-bond acceptors (Lipinski definition) is 6. The van der Waals surface area contributed by atoms with Gasteiger partial charge in [-0.25, -0.2) is 0 Å². The van der Waals surface area contributed by atoms with Gasteiger partial charge in [-0.05, 0) is 67.7 Å². The summed E-state index contributed by atoms with van der Waals surface area (Å²) in [5.74, 6) is -0.239. The van der Waals surface area contributed by atoms with Crippen molar-refractivity contribution < 1.29 is 14.3 Å². The van der Waals surface area contributed by atoms with Gasteiger partial charge in [0.2, 0.25) is 0 Å². The molecule has 1 aromatic heterocycles. The number of aromatic nitrogens is 1. The van der Waals surface area contributed by atoms with E-state index in [-0.39, 0.29) is 17.9 Å². The highest BCUT2D eigenvalue weighted by Gasteiger charge is 2.21. The first-order valence-corrected chi connectivity index (χ1v) is 15.0. The van der Waals surface area contributed by atoms with Crippen LogP contribution >= 0.6 is 0 Å². The number of ether oxygens (including phenoxy) is 1. The number of pyridine rings is 1. The van der Waals surface area contributed by atoms with Crippen LogP contribution in [0.25, 0.3) is 16.7 Å². The normalized spacial score (nSPS) is 17.1. The maximum Gasteiger partial charge on any atom is 0.256 e. The molecule has 3 aliphatic rings. The van der Waals surface area contributed by atoms with Crippen LogP contribution in [0.2, 0.25) is 0 Å². The first-order chi connectivity index (χ1) is 20.4. The van der Waals surface area contributed by atoms with E-state index in [4.69, 9.17) is 4.74 Å². The van der Waals surface area contributed by atoms with Crippen LogP contribution in [-0.4, -0.2) is 60.6 Å². The number of fused-ring (bicyclic) bond motifs is 1. The third-order valence-electron chi connectivity index (χ3n) is 8.13. The van der Waals surface area contributed by atoms with Crippen LogP contribution in [0.3, 0.4) is 0 Å². The predicted molar refractivity (Wildman–Crippen MR) is 167 cm³/mol. The molecule has 0 atom stereocenters. The lowest BCUT2D eigenvalue weighted by Gasteiger charge is -2.26. The quantitative estimate of drug-likeness (QED) is 0.396. The van der Waals surface area contributed by atoms with E-state index in [0.717, 1.165) is 79.2 Å². The standard InChI is InChI=1S/C34H41N5O3/c1-4-27(5-2)37-33(40)29-10-9-28(8-6-23(29)3)38-34(41)30-12-13-36-32-11-7-25(19-31(30)32)26-18-24(20-35-21-26)22-39-14-16-42-17-15-39/h7-12,18-21,27,36H,4-6,13-17,22H2,1-3H3,(H,37,40)(H,38,41). The number of benzene rings is 1. The van der Waals surface area contributed by atoms with E-state index in [1.807, 2.05) is 49.7 Å². The monoisotopic (exact) mass is 567 g/mol. The number of carbonyl (C=O) groups is 2. The second-order valence-corrected chi connectivity index (χ2v) is 11.1. The van der Waals surface area contributed by atoms with Crippen LogP contribution in [0, 0.1) is 0 Å². The number of hydrogen-bond donors (Lipinski definition) is 3. The van der Waals surface area contributed by atoms with E-state index < -0.39 is 0 Å². The van der Waals surface area contributed by atoms with Crippen molar-refractivity contribution in [2.75, 3.05) is 38.2 Å². The number of rotatable bonds is 9. The average molecular weight is 568 g/mol. The lowest BCUT2D eigenvalue weighted by atomic mass is 9.94. The fourth-order valence-electron chi connectivity index (χ4n) is 5.51. The number of amides is 2. The van der Waals surface area contributed by atoms with Crippen LogP contribution in [0.15, 0.2) is 77.8 Å². The Kier molecular flexibility index (Phi) is 9.66. The molecule has 3 heterocycles. The molecule has 0 spiro atoms. The smallest absolute Gasteiger partial charge is 0.256 e. The van der Waals surface area contributed by atoms with E-state index >= 15 is 0 Å². The maximum absolute atomic E-state index is 13.6. The van der Waals surface area contributed by atoms with Gasteiger partial charge in [0.25, 0.3) is 11.8 Å². The molecule has 0 saturated carbocycles. The molecule has 220 valence electrons. The molecule has 2 aromatic rings. The molecule has 0 unspecified atom stereocenters. The van der Waals surface area contributed by atoms with Crippen LogP contribution in [0.5, 0.6) is 0 Å². The van der Waals surface area contributed by atoms with Gasteiger partial charge in [-0.1, -0.05) is 37.6 Å². The molecular formula is C34H41N5O3. The van der Waals surface area contributed by atoms with Crippen molar-refractivity contribution >= 4 is 23.1 Å². The van der Waals surface area contributed by atoms with E-state index in [9.17, 15) is 9.59 Å². The Balaban J connectivity index is 1.30. The van der Waals surface area contributed by atoms with Crippen LogP contribution in [0.1, 0.15) is 51.2 Å². The molecular weight excluding hydrogens is 526 g/mol. The summed E-state index contributed by atoms with van der Waals surface area (Å²) in [6, 6.07) is 8.49. The molecule has 2 aliphatic heterocycles. The summed E-state index contributed by atoms with van der Waals surface area (Å²) in [6.45, 7) is 10.9. The van der Waals surface area contributed by atoms with Gasteiger partial charge in [-0.3, -0.25) is 19.5 Å². The van der Waals surface area contributed by atoms with Crippen molar-refractivity contribution in [3.8, 4) is 11.1 Å². The summed E-state index contributed by atoms with van der Waals surface area (Å²) in [4.78, 5) is 33.4. The van der Waals surface area contributed by atoms with Crippen LogP contribution in [0.4, 0.5) is 5.69 Å².